The number of esters is 1. The zero-order valence-corrected chi connectivity index (χ0v) is 15.2. The molecule has 0 aromatic heterocycles. The molecule has 0 fully saturated rings. The molecular weight excluding hydrogens is 346 g/mol. The van der Waals surface area contributed by atoms with Gasteiger partial charge in [-0.1, -0.05) is 12.1 Å². The first-order valence-corrected chi connectivity index (χ1v) is 8.25. The summed E-state index contributed by atoms with van der Waals surface area (Å²) in [5, 5.41) is 9.43. The van der Waals surface area contributed by atoms with E-state index in [2.05, 4.69) is 0 Å². The largest absolute Gasteiger partial charge is 0.508 e. The molecule has 0 unspecified atom stereocenters. The molecule has 1 amide bonds. The smallest absolute Gasteiger partial charge is 0.340 e. The third-order valence-corrected chi connectivity index (χ3v) is 4.32. The van der Waals surface area contributed by atoms with E-state index in [9.17, 15) is 14.7 Å². The monoisotopic (exact) mass is 365 g/mol. The lowest BCUT2D eigenvalue weighted by Gasteiger charge is -2.18. The Labute approximate surface area is 156 Å². The van der Waals surface area contributed by atoms with E-state index in [0.29, 0.717) is 22.7 Å². The Kier molecular flexibility index (Phi) is 4.98. The van der Waals surface area contributed by atoms with E-state index < -0.39 is 5.97 Å². The number of allylic oxidation sites excluding steroid dienone is 1. The highest BCUT2D eigenvalue weighted by Crippen LogP contribution is 2.36. The van der Waals surface area contributed by atoms with Crippen LogP contribution in [0.25, 0.3) is 6.08 Å². The fourth-order valence-electron chi connectivity index (χ4n) is 2.96. The Balaban J connectivity index is 2.09. The van der Waals surface area contributed by atoms with E-state index >= 15 is 0 Å². The molecule has 27 heavy (non-hydrogen) atoms. The zero-order chi connectivity index (χ0) is 19.6. The minimum Gasteiger partial charge on any atom is -0.508 e. The standard InChI is InChI=1S/C21H19NO5/c1-13-19(21(25)27-3)18(12-14-4-8-16(23)9-5-14)20(24)22(13)15-6-10-17(26-2)11-7-15/h4-12,23H,1-3H3/b18-12-. The summed E-state index contributed by atoms with van der Waals surface area (Å²) in [6, 6.07) is 13.3. The molecule has 2 aromatic rings. The Morgan fingerprint density at radius 1 is 1.04 bits per heavy atom. The van der Waals surface area contributed by atoms with E-state index in [4.69, 9.17) is 9.47 Å². The molecule has 0 spiro atoms. The Hall–Kier alpha value is -3.54. The number of hydrogen-bond donors (Lipinski definition) is 1. The van der Waals surface area contributed by atoms with E-state index in [1.54, 1.807) is 56.5 Å². The van der Waals surface area contributed by atoms with E-state index in [1.165, 1.54) is 24.1 Å². The lowest BCUT2D eigenvalue weighted by atomic mass is 10.0. The molecule has 1 heterocycles. The van der Waals surface area contributed by atoms with E-state index in [0.717, 1.165) is 0 Å². The summed E-state index contributed by atoms with van der Waals surface area (Å²) >= 11 is 0. The number of carbonyl (C=O) groups is 2. The van der Waals surface area contributed by atoms with Gasteiger partial charge in [-0.15, -0.1) is 0 Å². The number of carbonyl (C=O) groups excluding carboxylic acids is 2. The SMILES string of the molecule is COC(=O)C1=C(C)N(c2ccc(OC)cc2)C(=O)/C1=C\c1ccc(O)cc1. The highest BCUT2D eigenvalue weighted by molar-refractivity contribution is 6.23. The van der Waals surface area contributed by atoms with Crippen molar-refractivity contribution in [2.24, 2.45) is 0 Å². The Morgan fingerprint density at radius 2 is 1.67 bits per heavy atom. The minimum absolute atomic E-state index is 0.120. The number of nitrogens with zero attached hydrogens (tertiary/aromatic N) is 1. The molecule has 0 radical (unpaired) electrons. The van der Waals surface area contributed by atoms with Crippen LogP contribution in [0.3, 0.4) is 0 Å². The second-order valence-corrected chi connectivity index (χ2v) is 5.94. The first-order chi connectivity index (χ1) is 13.0. The molecule has 6 heteroatoms. The van der Waals surface area contributed by atoms with Crippen LogP contribution in [0.5, 0.6) is 11.5 Å². The highest BCUT2D eigenvalue weighted by Gasteiger charge is 2.37. The maximum atomic E-state index is 13.1. The van der Waals surface area contributed by atoms with Gasteiger partial charge in [0.05, 0.1) is 25.4 Å². The van der Waals surface area contributed by atoms with E-state index in [-0.39, 0.29) is 22.8 Å². The molecular formula is C21H19NO5. The summed E-state index contributed by atoms with van der Waals surface area (Å²) in [4.78, 5) is 26.9. The third kappa shape index (κ3) is 3.42. The van der Waals surface area contributed by atoms with Crippen molar-refractivity contribution in [1.29, 1.82) is 0 Å². The van der Waals surface area contributed by atoms with Crippen LogP contribution in [0.15, 0.2) is 65.4 Å². The quantitative estimate of drug-likeness (QED) is 0.665. The number of benzene rings is 2. The molecule has 1 aliphatic rings. The lowest BCUT2D eigenvalue weighted by molar-refractivity contribution is -0.136. The fraction of sp³-hybridized carbons (Fsp3) is 0.143. The summed E-state index contributed by atoms with van der Waals surface area (Å²) in [7, 11) is 2.84. The van der Waals surface area contributed by atoms with Gasteiger partial charge < -0.3 is 14.6 Å². The van der Waals surface area contributed by atoms with Crippen LogP contribution in [0.2, 0.25) is 0 Å². The van der Waals surface area contributed by atoms with Gasteiger partial charge in [0, 0.05) is 11.4 Å². The van der Waals surface area contributed by atoms with Gasteiger partial charge in [0.2, 0.25) is 0 Å². The molecule has 0 saturated carbocycles. The van der Waals surface area contributed by atoms with Crippen LogP contribution >= 0.6 is 0 Å². The molecule has 6 nitrogen and oxygen atoms in total. The van der Waals surface area contributed by atoms with Crippen molar-refractivity contribution < 1.29 is 24.2 Å². The average Bonchev–Trinajstić information content (AvgIpc) is 2.93. The highest BCUT2D eigenvalue weighted by atomic mass is 16.5. The van der Waals surface area contributed by atoms with Crippen molar-refractivity contribution in [1.82, 2.24) is 0 Å². The molecule has 0 aliphatic carbocycles. The van der Waals surface area contributed by atoms with Crippen molar-refractivity contribution in [2.75, 3.05) is 19.1 Å². The van der Waals surface area contributed by atoms with Crippen LogP contribution in [0, 0.1) is 0 Å². The maximum absolute atomic E-state index is 13.1. The van der Waals surface area contributed by atoms with Crippen molar-refractivity contribution >= 4 is 23.6 Å². The van der Waals surface area contributed by atoms with Crippen molar-refractivity contribution in [3.8, 4) is 11.5 Å². The van der Waals surface area contributed by atoms with Crippen molar-refractivity contribution in [2.45, 2.75) is 6.92 Å². The van der Waals surface area contributed by atoms with Gasteiger partial charge in [-0.2, -0.15) is 0 Å². The normalized spacial score (nSPS) is 15.4. The fourth-order valence-corrected chi connectivity index (χ4v) is 2.96. The third-order valence-electron chi connectivity index (χ3n) is 4.32. The zero-order valence-electron chi connectivity index (χ0n) is 15.2. The number of rotatable bonds is 4. The van der Waals surface area contributed by atoms with Crippen LogP contribution in [0.1, 0.15) is 12.5 Å². The average molecular weight is 365 g/mol. The summed E-state index contributed by atoms with van der Waals surface area (Å²) in [5.74, 6) is -0.122. The van der Waals surface area contributed by atoms with Crippen LogP contribution in [0.4, 0.5) is 5.69 Å². The molecule has 2 aromatic carbocycles. The first-order valence-electron chi connectivity index (χ1n) is 8.25. The summed E-state index contributed by atoms with van der Waals surface area (Å²) in [6.45, 7) is 1.70. The Morgan fingerprint density at radius 3 is 2.22 bits per heavy atom. The van der Waals surface area contributed by atoms with Crippen LogP contribution in [-0.2, 0) is 14.3 Å². The van der Waals surface area contributed by atoms with Gasteiger partial charge in [-0.05, 0) is 55.0 Å². The predicted octanol–water partition coefficient (Wildman–Crippen LogP) is 3.28. The molecule has 1 N–H and O–H groups in total. The van der Waals surface area contributed by atoms with Gasteiger partial charge in [-0.25, -0.2) is 4.79 Å². The van der Waals surface area contributed by atoms with E-state index in [1.807, 2.05) is 0 Å². The number of hydrogen-bond acceptors (Lipinski definition) is 5. The number of amides is 1. The lowest BCUT2D eigenvalue weighted by Crippen LogP contribution is -2.24. The second kappa shape index (κ2) is 7.37. The molecule has 3 rings (SSSR count). The molecule has 0 atom stereocenters. The van der Waals surface area contributed by atoms with Crippen LogP contribution < -0.4 is 9.64 Å². The minimum atomic E-state index is -0.582. The summed E-state index contributed by atoms with van der Waals surface area (Å²) < 4.78 is 10.0. The molecule has 0 bridgehead atoms. The predicted molar refractivity (Wildman–Crippen MR) is 101 cm³/mol. The molecule has 1 aliphatic heterocycles. The van der Waals surface area contributed by atoms with Gasteiger partial charge in [0.15, 0.2) is 0 Å². The number of phenols is 1. The van der Waals surface area contributed by atoms with Gasteiger partial charge >= 0.3 is 5.97 Å². The van der Waals surface area contributed by atoms with Gasteiger partial charge in [0.25, 0.3) is 5.91 Å². The second-order valence-electron chi connectivity index (χ2n) is 5.94. The Bertz CT molecular complexity index is 940. The van der Waals surface area contributed by atoms with Gasteiger partial charge in [-0.3, -0.25) is 9.69 Å². The number of phenolic OH excluding ortho intramolecular Hbond substituents is 1. The maximum Gasteiger partial charge on any atom is 0.340 e. The number of methoxy groups -OCH3 is 2. The number of ether oxygens (including phenoxy) is 2. The number of aromatic hydroxyl groups is 1. The molecule has 0 saturated heterocycles. The van der Waals surface area contributed by atoms with Crippen molar-refractivity contribution in [3.63, 3.8) is 0 Å². The van der Waals surface area contributed by atoms with Crippen molar-refractivity contribution in [3.05, 3.63) is 70.9 Å². The van der Waals surface area contributed by atoms with Gasteiger partial charge in [0.1, 0.15) is 11.5 Å². The number of anilines is 1. The first kappa shape index (κ1) is 18.3. The summed E-state index contributed by atoms with van der Waals surface area (Å²) in [6.07, 6.45) is 1.61. The van der Waals surface area contributed by atoms with Crippen LogP contribution in [-0.4, -0.2) is 31.2 Å². The summed E-state index contributed by atoms with van der Waals surface area (Å²) in [5.41, 5.74) is 2.24. The molecule has 138 valence electrons. The topological polar surface area (TPSA) is 76.1 Å².